The van der Waals surface area contributed by atoms with Crippen LogP contribution in [-0.2, 0) is 8.27 Å². The van der Waals surface area contributed by atoms with Crippen molar-refractivity contribution in [2.24, 2.45) is 0 Å². The van der Waals surface area contributed by atoms with Crippen molar-refractivity contribution < 1.29 is 8.42 Å². The van der Waals surface area contributed by atoms with Crippen molar-refractivity contribution in [3.8, 4) is 0 Å². The van der Waals surface area contributed by atoms with E-state index in [4.69, 9.17) is 0 Å². The van der Waals surface area contributed by atoms with Crippen LogP contribution in [0.1, 0.15) is 0 Å². The predicted molar refractivity (Wildman–Crippen MR) is 55.7 cm³/mol. The van der Waals surface area contributed by atoms with Crippen LogP contribution in [0.5, 0.6) is 0 Å². The fraction of sp³-hybridized carbons (Fsp3) is 0. The Labute approximate surface area is 86.5 Å². The maximum absolute atomic E-state index is 11.1. The Morgan fingerprint density at radius 3 is 2.85 bits per heavy atom. The fourth-order valence-corrected chi connectivity index (χ4v) is 2.87. The minimum Gasteiger partial charge on any atom is -0.245 e. The van der Waals surface area contributed by atoms with E-state index < -0.39 is 8.27 Å². The summed E-state index contributed by atoms with van der Waals surface area (Å²) in [6.45, 7) is 0. The summed E-state index contributed by atoms with van der Waals surface area (Å²) in [7, 11) is -3.28. The van der Waals surface area contributed by atoms with E-state index in [0.717, 1.165) is 10.2 Å². The molecule has 0 unspecified atom stereocenters. The van der Waals surface area contributed by atoms with Crippen molar-refractivity contribution in [1.29, 1.82) is 0 Å². The average molecular weight is 278 g/mol. The second-order valence-electron chi connectivity index (χ2n) is 2.42. The van der Waals surface area contributed by atoms with Gasteiger partial charge in [0.15, 0.2) is 0 Å². The first-order valence-electron chi connectivity index (χ1n) is 3.35. The third-order valence-corrected chi connectivity index (χ3v) is 4.31. The zero-order valence-electron chi connectivity index (χ0n) is 6.27. The highest BCUT2D eigenvalue weighted by Crippen LogP contribution is 2.24. The molecular weight excluding hydrogens is 274 g/mol. The Bertz CT molecular complexity index is 546. The van der Waals surface area contributed by atoms with Crippen LogP contribution in [0, 0.1) is 0 Å². The van der Waals surface area contributed by atoms with Crippen LogP contribution in [-0.4, -0.2) is 13.4 Å². The van der Waals surface area contributed by atoms with E-state index >= 15 is 0 Å². The molecule has 0 fully saturated rings. The summed E-state index contributed by atoms with van der Waals surface area (Å²) >= 11 is 4.04. The van der Waals surface area contributed by atoms with Crippen molar-refractivity contribution in [3.05, 3.63) is 23.7 Å². The molecule has 0 aliphatic carbocycles. The van der Waals surface area contributed by atoms with Crippen LogP contribution in [0.25, 0.3) is 10.2 Å². The van der Waals surface area contributed by atoms with Gasteiger partial charge in [-0.15, -0.1) is 11.3 Å². The van der Waals surface area contributed by atoms with Gasteiger partial charge < -0.3 is 0 Å². The molecule has 0 N–H and O–H groups in total. The number of benzene rings is 1. The number of rotatable bonds is 1. The smallest absolute Gasteiger partial charge is 0.237 e. The highest BCUT2D eigenvalue weighted by Gasteiger charge is 2.09. The second-order valence-corrected chi connectivity index (χ2v) is 7.21. The third kappa shape index (κ3) is 1.74. The number of fused-ring (bicyclic) bond motifs is 1. The molecule has 0 bridgehead atoms. The molecule has 6 heteroatoms. The number of aromatic nitrogens is 1. The molecule has 2 rings (SSSR count). The van der Waals surface area contributed by atoms with E-state index in [9.17, 15) is 8.42 Å². The van der Waals surface area contributed by atoms with E-state index in [2.05, 4.69) is 19.8 Å². The predicted octanol–water partition coefficient (Wildman–Crippen LogP) is 2.38. The lowest BCUT2D eigenvalue weighted by Crippen LogP contribution is -1.88. The molecule has 0 radical (unpaired) electrons. The monoisotopic (exact) mass is 277 g/mol. The first-order valence-corrected chi connectivity index (χ1v) is 7.56. The van der Waals surface area contributed by atoms with Crippen LogP contribution in [0.4, 0.5) is 0 Å². The number of halogens is 1. The molecule has 0 saturated heterocycles. The third-order valence-electron chi connectivity index (χ3n) is 1.58. The van der Waals surface area contributed by atoms with Gasteiger partial charge in [0, 0.05) is 0 Å². The molecule has 2 aromatic rings. The first-order chi connectivity index (χ1) is 6.07. The molecule has 0 amide bonds. The molecule has 1 heterocycles. The lowest BCUT2D eigenvalue weighted by molar-refractivity contribution is 0.611. The molecule has 1 aromatic heterocycles. The second kappa shape index (κ2) is 3.04. The van der Waals surface area contributed by atoms with Crippen molar-refractivity contribution in [1.82, 2.24) is 4.98 Å². The zero-order valence-corrected chi connectivity index (χ0v) is 9.49. The molecule has 13 heavy (non-hydrogen) atoms. The summed E-state index contributed by atoms with van der Waals surface area (Å²) in [4.78, 5) is 4.32. The van der Waals surface area contributed by atoms with Crippen molar-refractivity contribution in [3.63, 3.8) is 0 Å². The van der Waals surface area contributed by atoms with Crippen molar-refractivity contribution >= 4 is 44.6 Å². The van der Waals surface area contributed by atoms with Gasteiger partial charge in [0.1, 0.15) is 0 Å². The minimum atomic E-state index is -3.28. The molecule has 0 spiro atoms. The normalized spacial score (nSPS) is 12.1. The molecule has 0 aliphatic rings. The molecule has 0 saturated carbocycles. The van der Waals surface area contributed by atoms with Crippen LogP contribution >= 0.6 is 26.1 Å². The molecule has 68 valence electrons. The quantitative estimate of drug-likeness (QED) is 0.752. The molecule has 0 aliphatic heterocycles. The summed E-state index contributed by atoms with van der Waals surface area (Å²) in [5, 5.41) is 0. The van der Waals surface area contributed by atoms with Gasteiger partial charge in [-0.05, 0) is 18.2 Å². The van der Waals surface area contributed by atoms with E-state index in [1.807, 2.05) is 0 Å². The van der Waals surface area contributed by atoms with Gasteiger partial charge in [-0.2, -0.15) is 0 Å². The van der Waals surface area contributed by atoms with Gasteiger partial charge in [0.2, 0.25) is 8.27 Å². The van der Waals surface area contributed by atoms with Crippen LogP contribution in [0.2, 0.25) is 0 Å². The zero-order chi connectivity index (χ0) is 9.47. The Balaban J connectivity index is 2.75. The minimum absolute atomic E-state index is 0.268. The largest absolute Gasteiger partial charge is 0.245 e. The van der Waals surface area contributed by atoms with E-state index in [0.29, 0.717) is 0 Å². The summed E-state index contributed by atoms with van der Waals surface area (Å²) in [5.74, 6) is 0. The molecule has 3 nitrogen and oxygen atoms in total. The van der Waals surface area contributed by atoms with Crippen molar-refractivity contribution in [2.45, 2.75) is 4.90 Å². The van der Waals surface area contributed by atoms with E-state index in [-0.39, 0.29) is 4.90 Å². The lowest BCUT2D eigenvalue weighted by Gasteiger charge is -1.94. The van der Waals surface area contributed by atoms with Gasteiger partial charge in [0.05, 0.1) is 35.4 Å². The Morgan fingerprint density at radius 1 is 1.38 bits per heavy atom. The maximum Gasteiger partial charge on any atom is 0.237 e. The first kappa shape index (κ1) is 9.11. The highest BCUT2D eigenvalue weighted by molar-refractivity contribution is 9.47. The Kier molecular flexibility index (Phi) is 2.13. The number of hydrogen-bond donors (Lipinski definition) is 0. The Hall–Kier alpha value is -0.460. The summed E-state index contributed by atoms with van der Waals surface area (Å²) in [6.07, 6.45) is 0. The van der Waals surface area contributed by atoms with Gasteiger partial charge in [-0.3, -0.25) is 0 Å². The number of hydrogen-bond acceptors (Lipinski definition) is 4. The van der Waals surface area contributed by atoms with Crippen molar-refractivity contribution in [2.75, 3.05) is 0 Å². The summed E-state index contributed by atoms with van der Waals surface area (Å²) in [5.41, 5.74) is 2.51. The molecular formula is C7H4BrNO2S2. The fourth-order valence-electron chi connectivity index (χ4n) is 0.987. The number of nitrogens with zero attached hydrogens (tertiary/aromatic N) is 1. The van der Waals surface area contributed by atoms with Gasteiger partial charge in [-0.1, -0.05) is 0 Å². The highest BCUT2D eigenvalue weighted by atomic mass is 79.9. The van der Waals surface area contributed by atoms with Gasteiger partial charge in [0.25, 0.3) is 0 Å². The lowest BCUT2D eigenvalue weighted by atomic mass is 10.3. The molecule has 0 atom stereocenters. The standard InChI is InChI=1S/C7H4BrNO2S2/c8-13(10,11)5-1-2-6-7(3-5)12-4-9-6/h1-4H. The molecule has 1 aromatic carbocycles. The van der Waals surface area contributed by atoms with Gasteiger partial charge >= 0.3 is 0 Å². The van der Waals surface area contributed by atoms with Gasteiger partial charge in [-0.25, -0.2) is 13.4 Å². The van der Waals surface area contributed by atoms with Crippen LogP contribution < -0.4 is 0 Å². The van der Waals surface area contributed by atoms with E-state index in [1.54, 1.807) is 17.6 Å². The SMILES string of the molecule is O=S(=O)(Br)c1ccc2ncsc2c1. The maximum atomic E-state index is 11.1. The summed E-state index contributed by atoms with van der Waals surface area (Å²) < 4.78 is 23.1. The average Bonchev–Trinajstić information content (AvgIpc) is 2.47. The van der Waals surface area contributed by atoms with Crippen LogP contribution in [0.15, 0.2) is 28.6 Å². The summed E-state index contributed by atoms with van der Waals surface area (Å²) in [6, 6.07) is 4.84. The Morgan fingerprint density at radius 2 is 2.15 bits per heavy atom. The topological polar surface area (TPSA) is 47.0 Å². The van der Waals surface area contributed by atoms with Crippen LogP contribution in [0.3, 0.4) is 0 Å². The van der Waals surface area contributed by atoms with E-state index in [1.165, 1.54) is 17.4 Å². The number of thiazole rings is 1.